The van der Waals surface area contributed by atoms with Crippen LogP contribution in [-0.2, 0) is 0 Å². The molecule has 0 heterocycles. The molecule has 2 N–H and O–H groups in total. The Hall–Kier alpha value is -2.69. The van der Waals surface area contributed by atoms with E-state index in [1.54, 1.807) is 30.3 Å². The second-order valence-electron chi connectivity index (χ2n) is 4.01. The van der Waals surface area contributed by atoms with Gasteiger partial charge in [0.15, 0.2) is 11.5 Å². The van der Waals surface area contributed by atoms with Crippen molar-refractivity contribution in [1.29, 1.82) is 0 Å². The van der Waals surface area contributed by atoms with E-state index in [1.165, 1.54) is 26.4 Å². The highest BCUT2D eigenvalue weighted by molar-refractivity contribution is 6.07. The van der Waals surface area contributed by atoms with E-state index in [1.807, 2.05) is 0 Å². The summed E-state index contributed by atoms with van der Waals surface area (Å²) in [6, 6.07) is 11.5. The van der Waals surface area contributed by atoms with Gasteiger partial charge in [0, 0.05) is 0 Å². The highest BCUT2D eigenvalue weighted by atomic mass is 16.5. The molecule has 0 atom stereocenters. The van der Waals surface area contributed by atoms with Gasteiger partial charge >= 0.3 is 0 Å². The van der Waals surface area contributed by atoms with Gasteiger partial charge in [-0.3, -0.25) is 4.79 Å². The Kier molecular flexibility index (Phi) is 4.10. The molecule has 0 saturated heterocycles. The second-order valence-corrected chi connectivity index (χ2v) is 4.01. The van der Waals surface area contributed by atoms with Gasteiger partial charge in [-0.2, -0.15) is 0 Å². The van der Waals surface area contributed by atoms with Gasteiger partial charge in [0.1, 0.15) is 5.75 Å². The summed E-state index contributed by atoms with van der Waals surface area (Å²) < 4.78 is 10.4. The fraction of sp³-hybridized carbons (Fsp3) is 0.133. The highest BCUT2D eigenvalue weighted by Crippen LogP contribution is 2.35. The van der Waals surface area contributed by atoms with Crippen LogP contribution >= 0.6 is 0 Å². The van der Waals surface area contributed by atoms with Gasteiger partial charge in [0.2, 0.25) is 0 Å². The van der Waals surface area contributed by atoms with Gasteiger partial charge in [-0.1, -0.05) is 18.2 Å². The lowest BCUT2D eigenvalue weighted by Gasteiger charge is -2.13. The number of para-hydroxylation sites is 2. The van der Waals surface area contributed by atoms with Crippen LogP contribution in [0.4, 0.5) is 5.69 Å². The lowest BCUT2D eigenvalue weighted by Crippen LogP contribution is -2.13. The number of amides is 1. The molecule has 0 fully saturated rings. The molecule has 0 unspecified atom stereocenters. The fourth-order valence-corrected chi connectivity index (χ4v) is 1.84. The van der Waals surface area contributed by atoms with Crippen molar-refractivity contribution < 1.29 is 19.4 Å². The summed E-state index contributed by atoms with van der Waals surface area (Å²) in [6.45, 7) is 0. The number of nitrogens with one attached hydrogen (secondary N) is 1. The summed E-state index contributed by atoms with van der Waals surface area (Å²) in [5.74, 6) is 0.447. The third-order valence-electron chi connectivity index (χ3n) is 2.80. The molecule has 5 nitrogen and oxygen atoms in total. The topological polar surface area (TPSA) is 67.8 Å². The first-order valence-corrected chi connectivity index (χ1v) is 5.97. The summed E-state index contributed by atoms with van der Waals surface area (Å²) in [4.78, 5) is 12.1. The van der Waals surface area contributed by atoms with Crippen LogP contribution in [0.2, 0.25) is 0 Å². The molecular weight excluding hydrogens is 258 g/mol. The lowest BCUT2D eigenvalue weighted by atomic mass is 10.2. The maximum absolute atomic E-state index is 12.1. The highest BCUT2D eigenvalue weighted by Gasteiger charge is 2.15. The van der Waals surface area contributed by atoms with Crippen molar-refractivity contribution in [2.75, 3.05) is 19.5 Å². The van der Waals surface area contributed by atoms with Crippen molar-refractivity contribution in [3.05, 3.63) is 48.0 Å². The zero-order valence-corrected chi connectivity index (χ0v) is 11.2. The van der Waals surface area contributed by atoms with Crippen LogP contribution < -0.4 is 14.8 Å². The summed E-state index contributed by atoms with van der Waals surface area (Å²) in [5, 5.41) is 12.4. The Morgan fingerprint density at radius 1 is 1.05 bits per heavy atom. The molecule has 0 aliphatic rings. The van der Waals surface area contributed by atoms with Gasteiger partial charge in [0.05, 0.1) is 25.5 Å². The van der Waals surface area contributed by atoms with Crippen LogP contribution in [0.3, 0.4) is 0 Å². The number of methoxy groups -OCH3 is 2. The molecule has 0 bridgehead atoms. The van der Waals surface area contributed by atoms with Crippen molar-refractivity contribution in [3.63, 3.8) is 0 Å². The van der Waals surface area contributed by atoms with Crippen LogP contribution in [-0.4, -0.2) is 25.2 Å². The van der Waals surface area contributed by atoms with Crippen molar-refractivity contribution >= 4 is 11.6 Å². The Morgan fingerprint density at radius 3 is 2.45 bits per heavy atom. The molecule has 2 rings (SSSR count). The Bertz CT molecular complexity index is 625. The SMILES string of the molecule is COc1cccc(NC(=O)c2ccccc2O)c1OC. The van der Waals surface area contributed by atoms with Gasteiger partial charge in [-0.25, -0.2) is 0 Å². The number of aromatic hydroxyl groups is 1. The number of ether oxygens (including phenoxy) is 2. The number of carbonyl (C=O) groups excluding carboxylic acids is 1. The van der Waals surface area contributed by atoms with Crippen molar-refractivity contribution in [3.8, 4) is 17.2 Å². The minimum Gasteiger partial charge on any atom is -0.507 e. The molecule has 0 aliphatic heterocycles. The third-order valence-corrected chi connectivity index (χ3v) is 2.80. The van der Waals surface area contributed by atoms with Crippen LogP contribution in [0, 0.1) is 0 Å². The predicted molar refractivity (Wildman–Crippen MR) is 75.6 cm³/mol. The normalized spacial score (nSPS) is 9.90. The van der Waals surface area contributed by atoms with Crippen LogP contribution in [0.5, 0.6) is 17.2 Å². The maximum Gasteiger partial charge on any atom is 0.259 e. The summed E-state index contributed by atoms with van der Waals surface area (Å²) in [6.07, 6.45) is 0. The molecular formula is C15H15NO4. The average Bonchev–Trinajstić information content (AvgIpc) is 2.47. The monoisotopic (exact) mass is 273 g/mol. The number of hydrogen-bond donors (Lipinski definition) is 2. The molecule has 1 amide bonds. The minimum atomic E-state index is -0.422. The number of rotatable bonds is 4. The van der Waals surface area contributed by atoms with E-state index in [0.29, 0.717) is 17.2 Å². The van der Waals surface area contributed by atoms with E-state index in [9.17, 15) is 9.90 Å². The first kappa shape index (κ1) is 13.7. The van der Waals surface area contributed by atoms with Crippen molar-refractivity contribution in [1.82, 2.24) is 0 Å². The number of phenols is 1. The van der Waals surface area contributed by atoms with Crippen LogP contribution in [0.25, 0.3) is 0 Å². The van der Waals surface area contributed by atoms with Gasteiger partial charge in [-0.15, -0.1) is 0 Å². The second kappa shape index (κ2) is 5.97. The quantitative estimate of drug-likeness (QED) is 0.898. The zero-order chi connectivity index (χ0) is 14.5. The molecule has 2 aromatic rings. The first-order valence-electron chi connectivity index (χ1n) is 5.97. The molecule has 5 heteroatoms. The lowest BCUT2D eigenvalue weighted by molar-refractivity contribution is 0.102. The number of anilines is 1. The standard InChI is InChI=1S/C15H15NO4/c1-19-13-9-5-7-11(14(13)20-2)16-15(18)10-6-3-4-8-12(10)17/h3-9,17H,1-2H3,(H,16,18). The molecule has 20 heavy (non-hydrogen) atoms. The molecule has 0 aromatic heterocycles. The maximum atomic E-state index is 12.1. The van der Waals surface area contributed by atoms with E-state index in [4.69, 9.17) is 9.47 Å². The van der Waals surface area contributed by atoms with Crippen LogP contribution in [0.1, 0.15) is 10.4 Å². The molecule has 2 aromatic carbocycles. The fourth-order valence-electron chi connectivity index (χ4n) is 1.84. The molecule has 0 radical (unpaired) electrons. The van der Waals surface area contributed by atoms with Crippen molar-refractivity contribution in [2.24, 2.45) is 0 Å². The number of hydrogen-bond acceptors (Lipinski definition) is 4. The van der Waals surface area contributed by atoms with E-state index in [0.717, 1.165) is 0 Å². The largest absolute Gasteiger partial charge is 0.507 e. The first-order chi connectivity index (χ1) is 9.67. The predicted octanol–water partition coefficient (Wildman–Crippen LogP) is 2.66. The Morgan fingerprint density at radius 2 is 1.80 bits per heavy atom. The zero-order valence-electron chi connectivity index (χ0n) is 11.2. The van der Waals surface area contributed by atoms with Gasteiger partial charge < -0.3 is 19.9 Å². The van der Waals surface area contributed by atoms with Gasteiger partial charge in [-0.05, 0) is 24.3 Å². The third kappa shape index (κ3) is 2.66. The van der Waals surface area contributed by atoms with Crippen LogP contribution in [0.15, 0.2) is 42.5 Å². The molecule has 0 spiro atoms. The van der Waals surface area contributed by atoms with E-state index < -0.39 is 5.91 Å². The summed E-state index contributed by atoms with van der Waals surface area (Å²) in [7, 11) is 3.01. The number of carbonyl (C=O) groups is 1. The van der Waals surface area contributed by atoms with E-state index in [2.05, 4.69) is 5.32 Å². The summed E-state index contributed by atoms with van der Waals surface area (Å²) in [5.41, 5.74) is 0.664. The molecule has 0 aliphatic carbocycles. The van der Waals surface area contributed by atoms with E-state index in [-0.39, 0.29) is 11.3 Å². The Balaban J connectivity index is 2.31. The molecule has 104 valence electrons. The smallest absolute Gasteiger partial charge is 0.259 e. The number of benzene rings is 2. The van der Waals surface area contributed by atoms with Crippen molar-refractivity contribution in [2.45, 2.75) is 0 Å². The van der Waals surface area contributed by atoms with Gasteiger partial charge in [0.25, 0.3) is 5.91 Å². The summed E-state index contributed by atoms with van der Waals surface area (Å²) >= 11 is 0. The Labute approximate surface area is 116 Å². The molecule has 0 saturated carbocycles. The van der Waals surface area contributed by atoms with E-state index >= 15 is 0 Å². The average molecular weight is 273 g/mol. The minimum absolute atomic E-state index is 0.0770. The number of phenolic OH excluding ortho intramolecular Hbond substituents is 1.